The fourth-order valence-electron chi connectivity index (χ4n) is 3.43. The Bertz CT molecular complexity index is 1090. The fraction of sp³-hybridized carbons (Fsp3) is 0.722. The number of urea groups is 1. The van der Waals surface area contributed by atoms with E-state index in [2.05, 4.69) is 59.2 Å². The summed E-state index contributed by atoms with van der Waals surface area (Å²) >= 11 is 0. The maximum absolute atomic E-state index is 12.5. The van der Waals surface area contributed by atoms with Gasteiger partial charge in [0.15, 0.2) is 8.32 Å². The predicted molar refractivity (Wildman–Crippen MR) is 122 cm³/mol. The van der Waals surface area contributed by atoms with E-state index in [-0.39, 0.29) is 37.6 Å². The van der Waals surface area contributed by atoms with Gasteiger partial charge in [0, 0.05) is 6.54 Å². The zero-order chi connectivity index (χ0) is 26.2. The molecule has 0 aliphatic carbocycles. The van der Waals surface area contributed by atoms with Crippen molar-refractivity contribution < 1.29 is 36.1 Å². The number of aromatic nitrogens is 3. The Morgan fingerprint density at radius 2 is 1.94 bits per heavy atom. The number of hydrogen-bond acceptors (Lipinski definition) is 9. The van der Waals surface area contributed by atoms with Gasteiger partial charge in [0.05, 0.1) is 18.8 Å². The summed E-state index contributed by atoms with van der Waals surface area (Å²) in [5, 5.41) is 8.84. The summed E-state index contributed by atoms with van der Waals surface area (Å²) in [5.41, 5.74) is 5.09. The predicted octanol–water partition coefficient (Wildman–Crippen LogP) is -0.0497. The molecule has 2 bridgehead atoms. The van der Waals surface area contributed by atoms with Crippen molar-refractivity contribution in [1.82, 2.24) is 35.8 Å². The van der Waals surface area contributed by atoms with Crippen LogP contribution in [0.4, 0.5) is 4.79 Å². The normalized spacial score (nSPS) is 20.8. The van der Waals surface area contributed by atoms with E-state index in [4.69, 9.17) is 8.98 Å². The molecule has 15 nitrogen and oxygen atoms in total. The van der Waals surface area contributed by atoms with E-state index in [0.29, 0.717) is 10.8 Å². The van der Waals surface area contributed by atoms with E-state index in [1.165, 1.54) is 11.0 Å². The lowest BCUT2D eigenvalue weighted by Crippen LogP contribution is -2.54. The molecule has 4 amide bonds. The molecule has 2 atom stereocenters. The quantitative estimate of drug-likeness (QED) is 0.232. The highest BCUT2D eigenvalue weighted by molar-refractivity contribution is 7.80. The number of hydroxylamine groups is 2. The van der Waals surface area contributed by atoms with E-state index in [0.717, 1.165) is 4.90 Å². The second kappa shape index (κ2) is 9.80. The number of piperidine rings is 1. The first-order valence-electron chi connectivity index (χ1n) is 11.0. The van der Waals surface area contributed by atoms with Crippen LogP contribution in [0.5, 0.6) is 0 Å². The van der Waals surface area contributed by atoms with Crippen LogP contribution in [0.25, 0.3) is 0 Å². The van der Waals surface area contributed by atoms with Gasteiger partial charge in [-0.15, -0.1) is 4.28 Å². The first kappa shape index (κ1) is 27.0. The molecule has 17 heteroatoms. The highest BCUT2D eigenvalue weighted by atomic mass is 32.3. The topological polar surface area (TPSA) is 185 Å². The minimum absolute atomic E-state index is 0.0390. The van der Waals surface area contributed by atoms with Gasteiger partial charge >= 0.3 is 16.4 Å². The molecule has 35 heavy (non-hydrogen) atoms. The summed E-state index contributed by atoms with van der Waals surface area (Å²) in [6.45, 7) is 10.7. The molecule has 2 aliphatic rings. The van der Waals surface area contributed by atoms with E-state index < -0.39 is 48.6 Å². The maximum Gasteiger partial charge on any atom is 0.418 e. The zero-order valence-corrected chi connectivity index (χ0v) is 22.0. The Labute approximate surface area is 204 Å². The molecule has 3 heterocycles. The van der Waals surface area contributed by atoms with Crippen molar-refractivity contribution in [2.75, 3.05) is 6.54 Å². The van der Waals surface area contributed by atoms with Crippen LogP contribution >= 0.6 is 0 Å². The van der Waals surface area contributed by atoms with Crippen LogP contribution in [0.2, 0.25) is 18.1 Å². The molecule has 0 aromatic carbocycles. The number of carbonyl (C=O) groups excluding carboxylic acids is 3. The molecular weight excluding hydrogens is 502 g/mol. The first-order chi connectivity index (χ1) is 16.1. The summed E-state index contributed by atoms with van der Waals surface area (Å²) < 4.78 is 41.2. The third-order valence-electron chi connectivity index (χ3n) is 6.38. The summed E-state index contributed by atoms with van der Waals surface area (Å²) in [4.78, 5) is 39.5. The molecule has 2 aliphatic heterocycles. The molecule has 3 N–H and O–H groups in total. The number of carbonyl (C=O) groups is 3. The van der Waals surface area contributed by atoms with Crippen molar-refractivity contribution in [2.24, 2.45) is 0 Å². The molecule has 0 saturated carbocycles. The van der Waals surface area contributed by atoms with Crippen LogP contribution < -0.4 is 10.9 Å². The van der Waals surface area contributed by atoms with Crippen molar-refractivity contribution in [3.63, 3.8) is 0 Å². The lowest BCUT2D eigenvalue weighted by atomic mass is 10.0. The number of rotatable bonds is 8. The van der Waals surface area contributed by atoms with E-state index in [1.54, 1.807) is 0 Å². The van der Waals surface area contributed by atoms with Crippen LogP contribution in [-0.2, 0) is 41.8 Å². The average molecular weight is 534 g/mol. The van der Waals surface area contributed by atoms with Crippen LogP contribution in [0.1, 0.15) is 39.3 Å². The van der Waals surface area contributed by atoms with Crippen LogP contribution in [0.15, 0.2) is 6.20 Å². The number of nitrogens with zero attached hydrogens (tertiary/aromatic N) is 5. The van der Waals surface area contributed by atoms with Gasteiger partial charge in [0.1, 0.15) is 18.3 Å². The van der Waals surface area contributed by atoms with Crippen molar-refractivity contribution in [3.8, 4) is 0 Å². The highest BCUT2D eigenvalue weighted by Crippen LogP contribution is 2.37. The SMILES string of the molecule is CC(C)(C)[Si](C)(C)OCc1cnn(CC(=O)NNC(=O)[C@@H]2CC[C@@H]3CN2C(=O)N3OS(=O)(=O)O)n1. The van der Waals surface area contributed by atoms with Gasteiger partial charge in [-0.2, -0.15) is 28.5 Å². The minimum Gasteiger partial charge on any atom is -0.411 e. The highest BCUT2D eigenvalue weighted by Gasteiger charge is 2.49. The van der Waals surface area contributed by atoms with Gasteiger partial charge in [0.2, 0.25) is 0 Å². The molecule has 0 spiro atoms. The largest absolute Gasteiger partial charge is 0.418 e. The zero-order valence-electron chi connectivity index (χ0n) is 20.2. The number of hydrazine groups is 1. The Hall–Kier alpha value is -2.60. The van der Waals surface area contributed by atoms with Gasteiger partial charge in [-0.1, -0.05) is 20.8 Å². The summed E-state index contributed by atoms with van der Waals surface area (Å²) in [5.74, 6) is -1.25. The second-order valence-corrected chi connectivity index (χ2v) is 15.8. The molecule has 0 radical (unpaired) electrons. The third kappa shape index (κ3) is 6.54. The lowest BCUT2D eigenvalue weighted by Gasteiger charge is -2.35. The van der Waals surface area contributed by atoms with Crippen molar-refractivity contribution >= 4 is 36.6 Å². The third-order valence-corrected chi connectivity index (χ3v) is 11.2. The first-order valence-corrected chi connectivity index (χ1v) is 15.2. The van der Waals surface area contributed by atoms with Crippen molar-refractivity contribution in [3.05, 3.63) is 11.9 Å². The van der Waals surface area contributed by atoms with E-state index in [9.17, 15) is 22.8 Å². The van der Waals surface area contributed by atoms with E-state index >= 15 is 0 Å². The molecule has 2 saturated heterocycles. The number of amides is 4. The van der Waals surface area contributed by atoms with Crippen LogP contribution in [0.3, 0.4) is 0 Å². The Morgan fingerprint density at radius 3 is 2.57 bits per heavy atom. The number of nitrogens with one attached hydrogen (secondary N) is 2. The van der Waals surface area contributed by atoms with Gasteiger partial charge in [-0.25, -0.2) is 4.79 Å². The Kier molecular flexibility index (Phi) is 7.56. The Morgan fingerprint density at radius 1 is 1.26 bits per heavy atom. The summed E-state index contributed by atoms with van der Waals surface area (Å²) in [6.07, 6.45) is 1.99. The van der Waals surface area contributed by atoms with E-state index in [1.807, 2.05) is 0 Å². The molecule has 196 valence electrons. The van der Waals surface area contributed by atoms with Gasteiger partial charge < -0.3 is 9.33 Å². The molecule has 1 aromatic rings. The fourth-order valence-corrected chi connectivity index (χ4v) is 4.76. The molecule has 0 unspecified atom stereocenters. The summed E-state index contributed by atoms with van der Waals surface area (Å²) in [7, 11) is -6.85. The molecule has 1 aromatic heterocycles. The molecular formula is C18H31N7O8SSi. The monoisotopic (exact) mass is 533 g/mol. The maximum atomic E-state index is 12.5. The van der Waals surface area contributed by atoms with Crippen LogP contribution in [-0.4, -0.2) is 82.7 Å². The van der Waals surface area contributed by atoms with Gasteiger partial charge in [-0.05, 0) is 31.0 Å². The average Bonchev–Trinajstić information content (AvgIpc) is 3.27. The van der Waals surface area contributed by atoms with Gasteiger partial charge in [0.25, 0.3) is 11.8 Å². The number of fused-ring (bicyclic) bond motifs is 2. The standard InChI is InChI=1S/C18H31N7O8SSi/c1-18(2,3)35(4,5)32-11-12-8-19-24(22-12)10-15(26)20-21-16(27)14-7-6-13-9-23(14)17(28)25(13)33-34(29,30)31/h8,13-14H,6-7,9-11H2,1-5H3,(H,20,26)(H,21,27)(H,29,30,31)/t13-,14+/m1/s1. The van der Waals surface area contributed by atoms with Gasteiger partial charge in [-0.3, -0.25) is 25.0 Å². The Balaban J connectivity index is 1.48. The van der Waals surface area contributed by atoms with Crippen molar-refractivity contribution in [1.29, 1.82) is 0 Å². The molecule has 3 rings (SSSR count). The minimum atomic E-state index is -4.88. The molecule has 2 fully saturated rings. The summed E-state index contributed by atoms with van der Waals surface area (Å²) in [6, 6.07) is -2.44. The van der Waals surface area contributed by atoms with Crippen LogP contribution in [0, 0.1) is 0 Å². The van der Waals surface area contributed by atoms with Crippen molar-refractivity contribution in [2.45, 2.75) is 77.0 Å². The smallest absolute Gasteiger partial charge is 0.411 e. The number of hydrogen-bond donors (Lipinski definition) is 3. The lowest BCUT2D eigenvalue weighted by molar-refractivity contribution is -0.132. The second-order valence-electron chi connectivity index (χ2n) is 9.96.